The third-order valence-electron chi connectivity index (χ3n) is 5.28. The number of nitrogens with zero attached hydrogens (tertiary/aromatic N) is 1. The second kappa shape index (κ2) is 9.18. The van der Waals surface area contributed by atoms with Gasteiger partial charge >= 0.3 is 0 Å². The zero-order chi connectivity index (χ0) is 22.8. The molecule has 0 fully saturated rings. The van der Waals surface area contributed by atoms with Crippen molar-refractivity contribution in [3.8, 4) is 0 Å². The number of aryl methyl sites for hydroxylation is 2. The van der Waals surface area contributed by atoms with Crippen LogP contribution in [0.3, 0.4) is 0 Å². The van der Waals surface area contributed by atoms with Crippen LogP contribution in [0.25, 0.3) is 0 Å². The van der Waals surface area contributed by atoms with Crippen LogP contribution in [-0.2, 0) is 15.3 Å². The highest BCUT2D eigenvalue weighted by molar-refractivity contribution is 7.98. The van der Waals surface area contributed by atoms with Crippen molar-refractivity contribution in [3.05, 3.63) is 80.1 Å². The number of benzene rings is 2. The molecule has 164 valence electrons. The molecule has 9 heteroatoms. The van der Waals surface area contributed by atoms with Crippen LogP contribution >= 0.6 is 23.4 Å². The zero-order valence-corrected chi connectivity index (χ0v) is 19.1. The minimum atomic E-state index is -0.927. The maximum Gasteiger partial charge on any atom is 0.257 e. The second-order valence-electron chi connectivity index (χ2n) is 7.65. The van der Waals surface area contributed by atoms with Gasteiger partial charge < -0.3 is 15.6 Å². The molecule has 1 aliphatic heterocycles. The van der Waals surface area contributed by atoms with Crippen molar-refractivity contribution in [1.82, 2.24) is 9.97 Å². The maximum absolute atomic E-state index is 13.0. The van der Waals surface area contributed by atoms with Gasteiger partial charge in [0.15, 0.2) is 5.16 Å². The summed E-state index contributed by atoms with van der Waals surface area (Å²) in [5.41, 5.74) is 3.45. The lowest BCUT2D eigenvalue weighted by atomic mass is 9.92. The Morgan fingerprint density at radius 1 is 1.19 bits per heavy atom. The largest absolute Gasteiger partial charge is 0.326 e. The fourth-order valence-corrected chi connectivity index (χ4v) is 4.49. The topological polar surface area (TPSA) is 104 Å². The number of H-pyrrole nitrogens is 1. The van der Waals surface area contributed by atoms with E-state index in [2.05, 4.69) is 20.6 Å². The molecule has 0 saturated heterocycles. The summed E-state index contributed by atoms with van der Waals surface area (Å²) < 4.78 is 0. The smallest absolute Gasteiger partial charge is 0.257 e. The molecule has 2 aromatic carbocycles. The van der Waals surface area contributed by atoms with Gasteiger partial charge in [-0.2, -0.15) is 0 Å². The molecule has 7 nitrogen and oxygen atoms in total. The van der Waals surface area contributed by atoms with Crippen LogP contribution in [0.4, 0.5) is 11.5 Å². The summed E-state index contributed by atoms with van der Waals surface area (Å²) in [6, 6.07) is 12.9. The number of amides is 2. The van der Waals surface area contributed by atoms with E-state index >= 15 is 0 Å². The normalized spacial score (nSPS) is 15.1. The molecule has 0 spiro atoms. The van der Waals surface area contributed by atoms with Crippen molar-refractivity contribution < 1.29 is 9.59 Å². The molecule has 0 radical (unpaired) electrons. The van der Waals surface area contributed by atoms with Crippen molar-refractivity contribution in [2.45, 2.75) is 37.1 Å². The predicted molar refractivity (Wildman–Crippen MR) is 126 cm³/mol. The molecule has 2 amide bonds. The van der Waals surface area contributed by atoms with Gasteiger partial charge in [0, 0.05) is 22.9 Å². The monoisotopic (exact) mass is 468 g/mol. The highest BCUT2D eigenvalue weighted by Gasteiger charge is 2.34. The van der Waals surface area contributed by atoms with Gasteiger partial charge in [-0.05, 0) is 54.8 Å². The molecule has 3 aromatic rings. The number of carbonyl (C=O) groups excluding carboxylic acids is 2. The van der Waals surface area contributed by atoms with Gasteiger partial charge in [0.25, 0.3) is 5.56 Å². The Morgan fingerprint density at radius 2 is 2.00 bits per heavy atom. The molecule has 0 bridgehead atoms. The lowest BCUT2D eigenvalue weighted by Crippen LogP contribution is -2.36. The molecule has 4 rings (SSSR count). The van der Waals surface area contributed by atoms with E-state index in [1.54, 1.807) is 12.1 Å². The van der Waals surface area contributed by atoms with E-state index in [4.69, 9.17) is 11.6 Å². The summed E-state index contributed by atoms with van der Waals surface area (Å²) in [5.74, 6) is -1.05. The van der Waals surface area contributed by atoms with Gasteiger partial charge in [-0.3, -0.25) is 14.4 Å². The van der Waals surface area contributed by atoms with E-state index < -0.39 is 17.4 Å². The highest BCUT2D eigenvalue weighted by atomic mass is 35.5. The van der Waals surface area contributed by atoms with E-state index in [0.717, 1.165) is 16.7 Å². The van der Waals surface area contributed by atoms with Gasteiger partial charge in [0.2, 0.25) is 11.8 Å². The zero-order valence-electron chi connectivity index (χ0n) is 17.5. The molecule has 0 aliphatic carbocycles. The number of thioether (sulfide) groups is 1. The molecule has 2 heterocycles. The maximum atomic E-state index is 13.0. The summed E-state index contributed by atoms with van der Waals surface area (Å²) in [6.07, 6.45) is -0.122. The lowest BCUT2D eigenvalue weighted by molar-refractivity contribution is -0.123. The number of hydrogen-bond acceptors (Lipinski definition) is 5. The van der Waals surface area contributed by atoms with Gasteiger partial charge in [-0.1, -0.05) is 41.6 Å². The molecule has 1 atom stereocenters. The Kier molecular flexibility index (Phi) is 6.34. The predicted octanol–water partition coefficient (Wildman–Crippen LogP) is 4.40. The Morgan fingerprint density at radius 3 is 2.75 bits per heavy atom. The fraction of sp³-hybridized carbons (Fsp3) is 0.217. The van der Waals surface area contributed by atoms with E-state index in [1.807, 2.05) is 44.2 Å². The van der Waals surface area contributed by atoms with Crippen molar-refractivity contribution in [3.63, 3.8) is 0 Å². The summed E-state index contributed by atoms with van der Waals surface area (Å²) >= 11 is 7.32. The third-order valence-corrected chi connectivity index (χ3v) is 6.46. The molecular formula is C23H21ClN4O3S. The van der Waals surface area contributed by atoms with E-state index in [1.165, 1.54) is 11.8 Å². The molecule has 1 aromatic heterocycles. The van der Waals surface area contributed by atoms with Crippen molar-refractivity contribution >= 4 is 46.7 Å². The first kappa shape index (κ1) is 22.1. The number of hydrogen-bond donors (Lipinski definition) is 3. The molecule has 1 unspecified atom stereocenters. The van der Waals surface area contributed by atoms with E-state index in [0.29, 0.717) is 21.6 Å². The van der Waals surface area contributed by atoms with Crippen LogP contribution in [0.2, 0.25) is 5.02 Å². The van der Waals surface area contributed by atoms with Crippen LogP contribution in [0.5, 0.6) is 0 Å². The number of nitrogens with one attached hydrogen (secondary N) is 3. The Balaban J connectivity index is 1.57. The molecular weight excluding hydrogens is 448 g/mol. The number of fused-ring (bicyclic) bond motifs is 1. The van der Waals surface area contributed by atoms with Crippen LogP contribution in [0.15, 0.2) is 52.4 Å². The molecule has 0 saturated carbocycles. The van der Waals surface area contributed by atoms with Gasteiger partial charge in [0.1, 0.15) is 5.82 Å². The number of aromatic nitrogens is 2. The fourth-order valence-electron chi connectivity index (χ4n) is 3.47. The lowest BCUT2D eigenvalue weighted by Gasteiger charge is -2.23. The Bertz CT molecular complexity index is 1270. The van der Waals surface area contributed by atoms with Crippen LogP contribution in [-0.4, -0.2) is 21.8 Å². The number of aromatic amines is 1. The quantitative estimate of drug-likeness (QED) is 0.380. The van der Waals surface area contributed by atoms with Crippen molar-refractivity contribution in [1.29, 1.82) is 0 Å². The molecule has 32 heavy (non-hydrogen) atoms. The van der Waals surface area contributed by atoms with Crippen LogP contribution in [0.1, 0.15) is 34.6 Å². The highest BCUT2D eigenvalue weighted by Crippen LogP contribution is 2.31. The standard InChI is InChI=1S/C23H21ClN4O3S/c1-12-6-7-16(8-13(12)2)25-21(30)17-10-18(29)26-20-19(17)22(31)28-23(27-20)32-11-14-4-3-5-15(24)9-14/h3-9,17H,10-11H2,1-2H3,(H,25,30)(H2,26,27,28,29,31). The average Bonchev–Trinajstić information content (AvgIpc) is 2.74. The van der Waals surface area contributed by atoms with Crippen molar-refractivity contribution in [2.24, 2.45) is 0 Å². The average molecular weight is 469 g/mol. The number of carbonyl (C=O) groups is 2. The van der Waals surface area contributed by atoms with Crippen LogP contribution < -0.4 is 16.2 Å². The van der Waals surface area contributed by atoms with Gasteiger partial charge in [-0.15, -0.1) is 0 Å². The molecule has 1 aliphatic rings. The first-order valence-corrected chi connectivity index (χ1v) is 11.4. The SMILES string of the molecule is Cc1ccc(NC(=O)C2CC(=O)Nc3nc(SCc4cccc(Cl)c4)[nH]c(=O)c32)cc1C. The minimum absolute atomic E-state index is 0.122. The Hall–Kier alpha value is -3.10. The summed E-state index contributed by atoms with van der Waals surface area (Å²) in [4.78, 5) is 45.2. The third kappa shape index (κ3) is 4.87. The van der Waals surface area contributed by atoms with E-state index in [9.17, 15) is 14.4 Å². The summed E-state index contributed by atoms with van der Waals surface area (Å²) in [5, 5.41) is 6.42. The first-order chi connectivity index (χ1) is 15.3. The number of rotatable bonds is 5. The minimum Gasteiger partial charge on any atom is -0.326 e. The van der Waals surface area contributed by atoms with Crippen molar-refractivity contribution in [2.75, 3.05) is 10.6 Å². The van der Waals surface area contributed by atoms with Crippen LogP contribution in [0, 0.1) is 13.8 Å². The first-order valence-electron chi connectivity index (χ1n) is 9.99. The summed E-state index contributed by atoms with van der Waals surface area (Å²) in [6.45, 7) is 3.93. The second-order valence-corrected chi connectivity index (χ2v) is 9.05. The number of anilines is 2. The van der Waals surface area contributed by atoms with Gasteiger partial charge in [0.05, 0.1) is 11.5 Å². The van der Waals surface area contributed by atoms with E-state index in [-0.39, 0.29) is 23.7 Å². The number of halogens is 1. The Labute approximate surface area is 194 Å². The van der Waals surface area contributed by atoms with Gasteiger partial charge in [-0.25, -0.2) is 4.98 Å². The molecule has 3 N–H and O–H groups in total. The summed E-state index contributed by atoms with van der Waals surface area (Å²) in [7, 11) is 0.